The zero-order chi connectivity index (χ0) is 31.7. The molecule has 3 saturated heterocycles. The first-order chi connectivity index (χ1) is 20.4. The molecule has 3 N–H and O–H groups in total. The molecule has 5 unspecified atom stereocenters. The van der Waals surface area contributed by atoms with E-state index in [1.165, 1.54) is 20.8 Å². The van der Waals surface area contributed by atoms with E-state index in [4.69, 9.17) is 23.7 Å². The molecule has 0 spiro atoms. The monoisotopic (exact) mass is 618 g/mol. The van der Waals surface area contributed by atoms with E-state index < -0.39 is 93.5 Å². The van der Waals surface area contributed by atoms with Gasteiger partial charge in [-0.1, -0.05) is 20.8 Å². The summed E-state index contributed by atoms with van der Waals surface area (Å²) < 4.78 is 30.1. The lowest BCUT2D eigenvalue weighted by atomic mass is 9.41. The molecule has 12 nitrogen and oxygen atoms in total. The van der Waals surface area contributed by atoms with Gasteiger partial charge in [0.25, 0.3) is 0 Å². The van der Waals surface area contributed by atoms with Crippen LogP contribution in [0.25, 0.3) is 0 Å². The summed E-state index contributed by atoms with van der Waals surface area (Å²) in [6, 6.07) is 0. The zero-order valence-corrected chi connectivity index (χ0v) is 25.8. The van der Waals surface area contributed by atoms with Gasteiger partial charge in [-0.05, 0) is 55.8 Å². The van der Waals surface area contributed by atoms with Crippen LogP contribution in [0.5, 0.6) is 0 Å². The second-order valence-corrected chi connectivity index (χ2v) is 16.0. The Balaban J connectivity index is 1.30. The highest BCUT2D eigenvalue weighted by atomic mass is 16.6. The maximum Gasteiger partial charge on any atom is 0.338 e. The summed E-state index contributed by atoms with van der Waals surface area (Å²) >= 11 is 0. The van der Waals surface area contributed by atoms with Crippen LogP contribution in [-0.4, -0.2) is 93.1 Å². The van der Waals surface area contributed by atoms with E-state index in [-0.39, 0.29) is 42.5 Å². The summed E-state index contributed by atoms with van der Waals surface area (Å²) in [5.41, 5.74) is -6.10. The third-order valence-corrected chi connectivity index (χ3v) is 14.5. The molecule has 12 heteroatoms. The predicted octanol–water partition coefficient (Wildman–Crippen LogP) is 1.22. The molecule has 242 valence electrons. The predicted molar refractivity (Wildman–Crippen MR) is 145 cm³/mol. The number of hydrogen-bond acceptors (Lipinski definition) is 11. The third kappa shape index (κ3) is 3.14. The number of rotatable bonds is 3. The third-order valence-electron chi connectivity index (χ3n) is 14.5. The molecule has 5 saturated carbocycles. The fraction of sp³-hybridized carbons (Fsp3) is 0.875. The first-order valence-corrected chi connectivity index (χ1v) is 16.0. The molecule has 0 aromatic heterocycles. The van der Waals surface area contributed by atoms with Crippen molar-refractivity contribution >= 4 is 23.9 Å². The number of epoxide rings is 2. The van der Waals surface area contributed by atoms with Crippen molar-refractivity contribution in [3.8, 4) is 0 Å². The summed E-state index contributed by atoms with van der Waals surface area (Å²) in [5.74, 6) is -5.73. The SMILES string of the molecule is CC(=O)O[C@H]1C[C@H]2[C@@H]([C@@H]3O[C@@H]3[C@@]3(O)C[C@@H]4O[C@@H]4[C@H](OC(C)=O)[C@]23C)[C@@H]2CC3C(C(C(=O)O)[C@@H]4CC3(C)C(C)(O)C(=O)O4)[C@@]12C. The lowest BCUT2D eigenvalue weighted by Crippen LogP contribution is -2.73. The average molecular weight is 619 g/mol. The standard InChI is InChI=1S/C32H42O12/c1-11(33)40-18-8-14-19(23-25(44-23)32(39)10-17-22(42-17)24(30(14,32)5)41-12(2)34)13-7-15-21(29(13,18)4)20(26(35)36)16-9-28(15,3)31(6,38)27(37)43-16/h13-25,38-39H,7-10H2,1-6H3,(H,35,36)/t13-,14-,15?,16-,17-,18-,19-,20?,21?,22-,23-,24-,25-,28?,29+,30-,31?,32-/m0/s1. The molecule has 44 heavy (non-hydrogen) atoms. The van der Waals surface area contributed by atoms with Crippen LogP contribution in [0.1, 0.15) is 67.2 Å². The number of aliphatic hydroxyl groups is 2. The van der Waals surface area contributed by atoms with Crippen LogP contribution in [0, 0.1) is 51.8 Å². The fourth-order valence-corrected chi connectivity index (χ4v) is 12.3. The maximum atomic E-state index is 13.1. The van der Waals surface area contributed by atoms with Crippen LogP contribution < -0.4 is 0 Å². The second-order valence-electron chi connectivity index (χ2n) is 16.0. The largest absolute Gasteiger partial charge is 0.481 e. The number of carboxylic acid groups (broad SMARTS) is 1. The molecule has 0 radical (unpaired) electrons. The number of esters is 3. The highest BCUT2D eigenvalue weighted by molar-refractivity contribution is 5.83. The van der Waals surface area contributed by atoms with Crippen molar-refractivity contribution in [2.24, 2.45) is 51.8 Å². The smallest absolute Gasteiger partial charge is 0.338 e. The molecule has 8 fully saturated rings. The van der Waals surface area contributed by atoms with Gasteiger partial charge in [0.05, 0.1) is 18.1 Å². The van der Waals surface area contributed by atoms with Gasteiger partial charge in [-0.2, -0.15) is 0 Å². The summed E-state index contributed by atoms with van der Waals surface area (Å²) in [4.78, 5) is 51.3. The Morgan fingerprint density at radius 2 is 1.55 bits per heavy atom. The molecule has 5 aliphatic carbocycles. The van der Waals surface area contributed by atoms with E-state index in [2.05, 4.69) is 0 Å². The molecule has 18 atom stereocenters. The van der Waals surface area contributed by atoms with Crippen molar-refractivity contribution < 1.29 is 58.2 Å². The van der Waals surface area contributed by atoms with E-state index in [1.54, 1.807) is 0 Å². The number of carbonyl (C=O) groups is 4. The first kappa shape index (κ1) is 29.1. The minimum absolute atomic E-state index is 0.194. The van der Waals surface area contributed by atoms with Gasteiger partial charge in [0, 0.05) is 36.5 Å². The lowest BCUT2D eigenvalue weighted by molar-refractivity contribution is -0.261. The molecular formula is C32H42O12. The average Bonchev–Trinajstić information content (AvgIpc) is 3.82. The Labute approximate surface area is 255 Å². The van der Waals surface area contributed by atoms with E-state index in [0.29, 0.717) is 19.3 Å². The van der Waals surface area contributed by atoms with Gasteiger partial charge in [0.15, 0.2) is 5.60 Å². The van der Waals surface area contributed by atoms with Crippen LogP contribution in [0.15, 0.2) is 0 Å². The highest BCUT2D eigenvalue weighted by Gasteiger charge is 2.85. The lowest BCUT2D eigenvalue weighted by Gasteiger charge is -2.64. The Morgan fingerprint density at radius 3 is 2.18 bits per heavy atom. The van der Waals surface area contributed by atoms with E-state index in [9.17, 15) is 34.5 Å². The van der Waals surface area contributed by atoms with Crippen molar-refractivity contribution in [3.63, 3.8) is 0 Å². The van der Waals surface area contributed by atoms with Crippen molar-refractivity contribution in [2.45, 2.75) is 121 Å². The van der Waals surface area contributed by atoms with Crippen LogP contribution >= 0.6 is 0 Å². The van der Waals surface area contributed by atoms with Crippen LogP contribution in [0.3, 0.4) is 0 Å². The maximum absolute atomic E-state index is 13.1. The number of ether oxygens (including phenoxy) is 5. The Hall–Kier alpha value is -2.28. The van der Waals surface area contributed by atoms with Gasteiger partial charge in [-0.25, -0.2) is 4.79 Å². The zero-order valence-electron chi connectivity index (χ0n) is 25.8. The minimum atomic E-state index is -1.85. The quantitative estimate of drug-likeness (QED) is 0.234. The van der Waals surface area contributed by atoms with E-state index in [0.717, 1.165) is 0 Å². The molecular weight excluding hydrogens is 576 g/mol. The number of fused-ring (bicyclic) bond motifs is 14. The van der Waals surface area contributed by atoms with Gasteiger partial charge < -0.3 is 39.0 Å². The first-order valence-electron chi connectivity index (χ1n) is 16.0. The minimum Gasteiger partial charge on any atom is -0.481 e. The van der Waals surface area contributed by atoms with Gasteiger partial charge in [0.1, 0.15) is 36.1 Å². The number of hydrogen-bond donors (Lipinski definition) is 3. The Morgan fingerprint density at radius 1 is 0.864 bits per heavy atom. The van der Waals surface area contributed by atoms with E-state index in [1.807, 2.05) is 20.8 Å². The summed E-state index contributed by atoms with van der Waals surface area (Å²) in [5, 5.41) is 34.8. The van der Waals surface area contributed by atoms with E-state index >= 15 is 0 Å². The van der Waals surface area contributed by atoms with Gasteiger partial charge in [-0.3, -0.25) is 14.4 Å². The number of carbonyl (C=O) groups excluding carboxylic acids is 3. The summed E-state index contributed by atoms with van der Waals surface area (Å²) in [6.45, 7) is 9.92. The molecule has 3 heterocycles. The molecule has 0 amide bonds. The number of carboxylic acids is 1. The van der Waals surface area contributed by atoms with Crippen LogP contribution in [0.2, 0.25) is 0 Å². The number of aliphatic carboxylic acids is 1. The van der Waals surface area contributed by atoms with Crippen molar-refractivity contribution in [2.75, 3.05) is 0 Å². The molecule has 8 aliphatic rings. The molecule has 2 bridgehead atoms. The van der Waals surface area contributed by atoms with Crippen molar-refractivity contribution in [1.29, 1.82) is 0 Å². The molecule has 0 aromatic carbocycles. The second kappa shape index (κ2) is 8.35. The molecule has 0 aromatic rings. The van der Waals surface area contributed by atoms with Crippen LogP contribution in [-0.2, 0) is 42.9 Å². The highest BCUT2D eigenvalue weighted by Crippen LogP contribution is 2.78. The van der Waals surface area contributed by atoms with Crippen LogP contribution in [0.4, 0.5) is 0 Å². The summed E-state index contributed by atoms with van der Waals surface area (Å²) in [6.07, 6.45) is -2.59. The van der Waals surface area contributed by atoms with Gasteiger partial charge in [-0.15, -0.1) is 0 Å². The normalized spacial score (nSPS) is 60.5. The van der Waals surface area contributed by atoms with Gasteiger partial charge >= 0.3 is 23.9 Å². The summed E-state index contributed by atoms with van der Waals surface area (Å²) in [7, 11) is 0. The van der Waals surface area contributed by atoms with Crippen molar-refractivity contribution in [1.82, 2.24) is 0 Å². The topological polar surface area (TPSA) is 182 Å². The van der Waals surface area contributed by atoms with Crippen molar-refractivity contribution in [3.05, 3.63) is 0 Å². The fourth-order valence-electron chi connectivity index (χ4n) is 12.3. The molecule has 3 aliphatic heterocycles. The Bertz CT molecular complexity index is 1380. The molecule has 8 rings (SSSR count). The van der Waals surface area contributed by atoms with Gasteiger partial charge in [0.2, 0.25) is 0 Å². The Kier molecular flexibility index (Phi) is 5.53.